The Morgan fingerprint density at radius 3 is 1.74 bits per heavy atom. The third kappa shape index (κ3) is 8.38. The normalized spacial score (nSPS) is 11.3. The zero-order valence-electron chi connectivity index (χ0n) is 13.3. The lowest BCUT2D eigenvalue weighted by Gasteiger charge is -2.26. The van der Waals surface area contributed by atoms with Crippen molar-refractivity contribution >= 4 is 5.91 Å². The zero-order valence-corrected chi connectivity index (χ0v) is 13.3. The van der Waals surface area contributed by atoms with Crippen molar-refractivity contribution in [1.82, 2.24) is 10.6 Å². The van der Waals surface area contributed by atoms with Gasteiger partial charge in [0.2, 0.25) is 5.91 Å². The highest BCUT2D eigenvalue weighted by Gasteiger charge is 2.20. The van der Waals surface area contributed by atoms with Gasteiger partial charge < -0.3 is 10.6 Å². The van der Waals surface area contributed by atoms with Gasteiger partial charge in [0.25, 0.3) is 0 Å². The zero-order chi connectivity index (χ0) is 15.1. The van der Waals surface area contributed by atoms with Gasteiger partial charge in [-0.05, 0) is 47.2 Å². The third-order valence-electron chi connectivity index (χ3n) is 2.73. The summed E-state index contributed by atoms with van der Waals surface area (Å²) in [4.78, 5) is 10.9. The molecule has 0 saturated heterocycles. The Kier molecular flexibility index (Phi) is 6.77. The summed E-state index contributed by atoms with van der Waals surface area (Å²) < 4.78 is 0. The van der Waals surface area contributed by atoms with Crippen LogP contribution in [0.5, 0.6) is 0 Å². The molecule has 0 heterocycles. The Balaban J connectivity index is 0.000000459. The second-order valence-corrected chi connectivity index (χ2v) is 6.17. The van der Waals surface area contributed by atoms with E-state index in [9.17, 15) is 4.79 Å². The number of hydrogen-bond acceptors (Lipinski definition) is 2. The molecule has 2 N–H and O–H groups in total. The van der Waals surface area contributed by atoms with Gasteiger partial charge in [-0.15, -0.1) is 0 Å². The molecule has 0 aromatic heterocycles. The average molecular weight is 264 g/mol. The van der Waals surface area contributed by atoms with Crippen LogP contribution in [0.3, 0.4) is 0 Å². The maximum atomic E-state index is 10.9. The van der Waals surface area contributed by atoms with Crippen LogP contribution < -0.4 is 10.6 Å². The smallest absolute Gasteiger partial charge is 0.217 e. The highest BCUT2D eigenvalue weighted by Crippen LogP contribution is 2.18. The monoisotopic (exact) mass is 264 g/mol. The van der Waals surface area contributed by atoms with E-state index in [0.717, 1.165) is 5.56 Å². The summed E-state index contributed by atoms with van der Waals surface area (Å²) in [7, 11) is 1.96. The average Bonchev–Trinajstić information content (AvgIpc) is 2.28. The lowest BCUT2D eigenvalue weighted by Crippen LogP contribution is -2.39. The van der Waals surface area contributed by atoms with Crippen LogP contribution in [0, 0.1) is 0 Å². The molecule has 0 saturated carbocycles. The molecule has 0 aliphatic heterocycles. The molecule has 1 rings (SSSR count). The second-order valence-electron chi connectivity index (χ2n) is 6.17. The van der Waals surface area contributed by atoms with Crippen molar-refractivity contribution in [2.45, 2.75) is 52.6 Å². The first-order chi connectivity index (χ1) is 8.58. The lowest BCUT2D eigenvalue weighted by molar-refractivity contribution is -0.120. The van der Waals surface area contributed by atoms with Crippen molar-refractivity contribution in [3.63, 3.8) is 0 Å². The van der Waals surface area contributed by atoms with E-state index in [1.54, 1.807) is 0 Å². The van der Waals surface area contributed by atoms with Gasteiger partial charge in [0, 0.05) is 12.5 Å². The number of carbonyl (C=O) groups is 1. The summed E-state index contributed by atoms with van der Waals surface area (Å²) in [6, 6.07) is 9.93. The topological polar surface area (TPSA) is 41.1 Å². The van der Waals surface area contributed by atoms with Crippen molar-refractivity contribution in [3.05, 3.63) is 35.9 Å². The van der Waals surface area contributed by atoms with Crippen LogP contribution in [0.2, 0.25) is 0 Å². The van der Waals surface area contributed by atoms with Crippen molar-refractivity contribution < 1.29 is 4.79 Å². The summed E-state index contributed by atoms with van der Waals surface area (Å²) in [6.45, 7) is 11.9. The maximum Gasteiger partial charge on any atom is 0.217 e. The highest BCUT2D eigenvalue weighted by molar-refractivity contribution is 5.74. The second kappa shape index (κ2) is 7.29. The van der Waals surface area contributed by atoms with Gasteiger partial charge in [0.05, 0.1) is 5.54 Å². The SMILES string of the molecule is CC(=O)NC(C)(C)c1ccccc1.CNC(C)(C)C. The molecule has 0 bridgehead atoms. The van der Waals surface area contributed by atoms with Gasteiger partial charge in [0.15, 0.2) is 0 Å². The molecule has 0 fully saturated rings. The minimum absolute atomic E-state index is 0.00569. The molecule has 0 radical (unpaired) electrons. The van der Waals surface area contributed by atoms with Gasteiger partial charge in [-0.25, -0.2) is 0 Å². The molecule has 108 valence electrons. The van der Waals surface area contributed by atoms with Crippen LogP contribution in [0.25, 0.3) is 0 Å². The molecule has 0 spiro atoms. The van der Waals surface area contributed by atoms with Gasteiger partial charge in [-0.2, -0.15) is 0 Å². The number of hydrogen-bond donors (Lipinski definition) is 2. The number of nitrogens with one attached hydrogen (secondary N) is 2. The van der Waals surface area contributed by atoms with E-state index in [1.165, 1.54) is 6.92 Å². The van der Waals surface area contributed by atoms with E-state index in [-0.39, 0.29) is 11.4 Å². The molecule has 0 unspecified atom stereocenters. The van der Waals surface area contributed by atoms with Crippen LogP contribution >= 0.6 is 0 Å². The summed E-state index contributed by atoms with van der Waals surface area (Å²) in [5, 5.41) is 6.00. The molecule has 0 aliphatic carbocycles. The molecule has 0 atom stereocenters. The standard InChI is InChI=1S/C11H15NO.C5H13N/c1-9(13)12-11(2,3)10-7-5-4-6-8-10;1-5(2,3)6-4/h4-8H,1-3H3,(H,12,13);6H,1-4H3. The van der Waals surface area contributed by atoms with E-state index >= 15 is 0 Å². The van der Waals surface area contributed by atoms with Crippen molar-refractivity contribution in [1.29, 1.82) is 0 Å². The number of benzene rings is 1. The minimum Gasteiger partial charge on any atom is -0.347 e. The summed E-state index contributed by atoms with van der Waals surface area (Å²) in [5.74, 6) is -0.00569. The number of rotatable bonds is 2. The fraction of sp³-hybridized carbons (Fsp3) is 0.562. The van der Waals surface area contributed by atoms with Crippen molar-refractivity contribution in [2.24, 2.45) is 0 Å². The Hall–Kier alpha value is -1.35. The van der Waals surface area contributed by atoms with E-state index in [2.05, 4.69) is 31.4 Å². The highest BCUT2D eigenvalue weighted by atomic mass is 16.1. The minimum atomic E-state index is -0.285. The van der Waals surface area contributed by atoms with Crippen LogP contribution in [-0.4, -0.2) is 18.5 Å². The fourth-order valence-electron chi connectivity index (χ4n) is 1.37. The molecule has 0 aliphatic rings. The van der Waals surface area contributed by atoms with Crippen LogP contribution in [0.1, 0.15) is 47.1 Å². The molecule has 19 heavy (non-hydrogen) atoms. The van der Waals surface area contributed by atoms with E-state index < -0.39 is 0 Å². The van der Waals surface area contributed by atoms with Gasteiger partial charge in [-0.3, -0.25) is 4.79 Å². The van der Waals surface area contributed by atoms with E-state index in [1.807, 2.05) is 51.2 Å². The first kappa shape index (κ1) is 17.6. The number of carbonyl (C=O) groups excluding carboxylic acids is 1. The molecule has 3 nitrogen and oxygen atoms in total. The lowest BCUT2D eigenvalue weighted by atomic mass is 9.94. The van der Waals surface area contributed by atoms with Crippen LogP contribution in [0.4, 0.5) is 0 Å². The molecular formula is C16H28N2O. The molecule has 1 aromatic carbocycles. The predicted octanol–water partition coefficient (Wildman–Crippen LogP) is 3.06. The van der Waals surface area contributed by atoms with Crippen LogP contribution in [-0.2, 0) is 10.3 Å². The largest absolute Gasteiger partial charge is 0.347 e. The summed E-state index contributed by atoms with van der Waals surface area (Å²) >= 11 is 0. The molecule has 1 amide bonds. The summed E-state index contributed by atoms with van der Waals surface area (Å²) in [6.07, 6.45) is 0. The van der Waals surface area contributed by atoms with Gasteiger partial charge in [-0.1, -0.05) is 30.3 Å². The summed E-state index contributed by atoms with van der Waals surface area (Å²) in [5.41, 5.74) is 1.12. The maximum absolute atomic E-state index is 10.9. The fourth-order valence-corrected chi connectivity index (χ4v) is 1.37. The van der Waals surface area contributed by atoms with Crippen molar-refractivity contribution in [2.75, 3.05) is 7.05 Å². The quantitative estimate of drug-likeness (QED) is 0.862. The van der Waals surface area contributed by atoms with Crippen LogP contribution in [0.15, 0.2) is 30.3 Å². The Morgan fingerprint density at radius 2 is 1.42 bits per heavy atom. The Bertz CT molecular complexity index is 377. The number of amides is 1. The van der Waals surface area contributed by atoms with Crippen molar-refractivity contribution in [3.8, 4) is 0 Å². The first-order valence-corrected chi connectivity index (χ1v) is 6.61. The van der Waals surface area contributed by atoms with E-state index in [0.29, 0.717) is 5.54 Å². The van der Waals surface area contributed by atoms with Gasteiger partial charge in [0.1, 0.15) is 0 Å². The molecular weight excluding hydrogens is 236 g/mol. The third-order valence-corrected chi connectivity index (χ3v) is 2.73. The Morgan fingerprint density at radius 1 is 1.00 bits per heavy atom. The van der Waals surface area contributed by atoms with E-state index in [4.69, 9.17) is 0 Å². The first-order valence-electron chi connectivity index (χ1n) is 6.61. The Labute approximate surface area is 117 Å². The predicted molar refractivity (Wildman–Crippen MR) is 82.1 cm³/mol. The molecule has 3 heteroatoms. The molecule has 1 aromatic rings. The van der Waals surface area contributed by atoms with Gasteiger partial charge >= 0.3 is 0 Å².